The first-order valence-electron chi connectivity index (χ1n) is 9.11. The van der Waals surface area contributed by atoms with E-state index in [1.165, 1.54) is 6.42 Å². The summed E-state index contributed by atoms with van der Waals surface area (Å²) in [6.07, 6.45) is 3.38. The summed E-state index contributed by atoms with van der Waals surface area (Å²) in [6.45, 7) is 6.81. The van der Waals surface area contributed by atoms with E-state index in [1.54, 1.807) is 24.3 Å². The summed E-state index contributed by atoms with van der Waals surface area (Å²) in [5.74, 6) is 0.739. The van der Waals surface area contributed by atoms with Gasteiger partial charge in [-0.3, -0.25) is 14.5 Å². The van der Waals surface area contributed by atoms with Crippen LogP contribution in [0.5, 0.6) is 0 Å². The molecule has 1 aromatic rings. The molecule has 0 spiro atoms. The number of benzene rings is 1. The van der Waals surface area contributed by atoms with E-state index < -0.39 is 10.0 Å². The van der Waals surface area contributed by atoms with Gasteiger partial charge in [0, 0.05) is 11.6 Å². The van der Waals surface area contributed by atoms with Crippen molar-refractivity contribution in [2.45, 2.75) is 51.0 Å². The van der Waals surface area contributed by atoms with Crippen LogP contribution in [0.3, 0.4) is 0 Å². The van der Waals surface area contributed by atoms with Crippen LogP contribution in [0.15, 0.2) is 34.2 Å². The van der Waals surface area contributed by atoms with E-state index in [2.05, 4.69) is 35.8 Å². The average Bonchev–Trinajstić information content (AvgIpc) is 3.05. The molecule has 7 heteroatoms. The second-order valence-electron chi connectivity index (χ2n) is 8.50. The van der Waals surface area contributed by atoms with Gasteiger partial charge in [-0.25, -0.2) is 8.42 Å². The smallest absolute Gasteiger partial charge is 0.263 e. The molecule has 0 radical (unpaired) electrons. The lowest BCUT2D eigenvalue weighted by atomic mass is 9.69. The van der Waals surface area contributed by atoms with Crippen LogP contribution >= 0.6 is 0 Å². The Kier molecular flexibility index (Phi) is 3.74. The SMILES string of the molecule is CC1(C)C2CCC1(C)C(NC(=O)CN=C1NS(=O)(=O)c3ccccc31)C2. The standard InChI is InChI=1S/C19H25N3O3S/c1-18(2)12-8-9-19(18,3)15(10-12)21-16(23)11-20-17-13-6-4-5-7-14(13)26(24,25)22-17/h4-7,12,15H,8-11H2,1-3H3,(H,20,22)(H,21,23). The fourth-order valence-corrected chi connectivity index (χ4v) is 6.32. The van der Waals surface area contributed by atoms with Crippen LogP contribution in [-0.4, -0.2) is 32.7 Å². The van der Waals surface area contributed by atoms with Crippen molar-refractivity contribution in [1.29, 1.82) is 0 Å². The molecule has 0 saturated heterocycles. The highest BCUT2D eigenvalue weighted by Gasteiger charge is 2.61. The number of hydrogen-bond donors (Lipinski definition) is 2. The normalized spacial score (nSPS) is 34.5. The molecular formula is C19H25N3O3S. The summed E-state index contributed by atoms with van der Waals surface area (Å²) in [6, 6.07) is 6.83. The molecule has 0 aromatic heterocycles. The fourth-order valence-electron chi connectivity index (χ4n) is 5.06. The van der Waals surface area contributed by atoms with E-state index in [0.29, 0.717) is 11.5 Å². The van der Waals surface area contributed by atoms with Crippen molar-refractivity contribution in [3.63, 3.8) is 0 Å². The zero-order valence-electron chi connectivity index (χ0n) is 15.4. The molecule has 2 fully saturated rings. The summed E-state index contributed by atoms with van der Waals surface area (Å²) >= 11 is 0. The molecule has 1 aromatic carbocycles. The minimum atomic E-state index is -3.57. The number of nitrogens with one attached hydrogen (secondary N) is 2. The minimum absolute atomic E-state index is 0.0795. The molecule has 4 rings (SSSR count). The first-order valence-corrected chi connectivity index (χ1v) is 10.6. The van der Waals surface area contributed by atoms with Crippen LogP contribution in [0.1, 0.15) is 45.6 Å². The molecule has 26 heavy (non-hydrogen) atoms. The highest BCUT2D eigenvalue weighted by Crippen LogP contribution is 2.65. The van der Waals surface area contributed by atoms with E-state index in [-0.39, 0.29) is 40.1 Å². The van der Waals surface area contributed by atoms with Gasteiger partial charge in [0.25, 0.3) is 10.0 Å². The first-order chi connectivity index (χ1) is 12.1. The van der Waals surface area contributed by atoms with Crippen molar-refractivity contribution in [2.24, 2.45) is 21.7 Å². The van der Waals surface area contributed by atoms with Gasteiger partial charge in [-0.05, 0) is 48.1 Å². The number of amides is 1. The second kappa shape index (κ2) is 5.55. The van der Waals surface area contributed by atoms with Gasteiger partial charge in [0.05, 0.1) is 4.90 Å². The average molecular weight is 375 g/mol. The third-order valence-corrected chi connectivity index (χ3v) is 8.57. The maximum absolute atomic E-state index is 12.5. The third-order valence-electron chi connectivity index (χ3n) is 7.17. The summed E-state index contributed by atoms with van der Waals surface area (Å²) < 4.78 is 26.6. The van der Waals surface area contributed by atoms with Gasteiger partial charge in [0.15, 0.2) is 0 Å². The van der Waals surface area contributed by atoms with Gasteiger partial charge in [-0.15, -0.1) is 0 Å². The Morgan fingerprint density at radius 1 is 1.31 bits per heavy atom. The molecule has 6 nitrogen and oxygen atoms in total. The lowest BCUT2D eigenvalue weighted by molar-refractivity contribution is -0.121. The number of carbonyl (C=O) groups is 1. The molecule has 1 heterocycles. The first kappa shape index (κ1) is 17.5. The molecule has 3 aliphatic rings. The van der Waals surface area contributed by atoms with E-state index in [0.717, 1.165) is 12.8 Å². The van der Waals surface area contributed by atoms with Crippen molar-refractivity contribution in [3.8, 4) is 0 Å². The molecular weight excluding hydrogens is 350 g/mol. The van der Waals surface area contributed by atoms with Crippen LogP contribution in [0, 0.1) is 16.7 Å². The number of fused-ring (bicyclic) bond motifs is 3. The molecule has 2 aliphatic carbocycles. The molecule has 3 atom stereocenters. The van der Waals surface area contributed by atoms with E-state index in [9.17, 15) is 13.2 Å². The molecule has 2 N–H and O–H groups in total. The fraction of sp³-hybridized carbons (Fsp3) is 0.579. The summed E-state index contributed by atoms with van der Waals surface area (Å²) in [5, 5.41) is 3.15. The Labute approximate surface area is 154 Å². The number of carbonyl (C=O) groups excluding carboxylic acids is 1. The molecule has 1 amide bonds. The van der Waals surface area contributed by atoms with Crippen LogP contribution in [0.2, 0.25) is 0 Å². The number of hydrogen-bond acceptors (Lipinski definition) is 4. The Morgan fingerprint density at radius 2 is 2.04 bits per heavy atom. The Morgan fingerprint density at radius 3 is 2.69 bits per heavy atom. The second-order valence-corrected chi connectivity index (χ2v) is 10.1. The topological polar surface area (TPSA) is 87.6 Å². The molecule has 1 aliphatic heterocycles. The molecule has 2 bridgehead atoms. The predicted molar refractivity (Wildman–Crippen MR) is 99.3 cm³/mol. The number of amidine groups is 1. The number of aliphatic imine (C=N–C) groups is 1. The van der Waals surface area contributed by atoms with Crippen molar-refractivity contribution >= 4 is 21.8 Å². The summed E-state index contributed by atoms with van der Waals surface area (Å²) in [4.78, 5) is 16.9. The lowest BCUT2D eigenvalue weighted by Gasteiger charge is -2.39. The van der Waals surface area contributed by atoms with Gasteiger partial charge in [-0.2, -0.15) is 0 Å². The van der Waals surface area contributed by atoms with Crippen LogP contribution < -0.4 is 10.0 Å². The van der Waals surface area contributed by atoms with Crippen molar-refractivity contribution in [3.05, 3.63) is 29.8 Å². The van der Waals surface area contributed by atoms with Gasteiger partial charge in [-0.1, -0.05) is 32.9 Å². The van der Waals surface area contributed by atoms with Gasteiger partial charge < -0.3 is 5.32 Å². The van der Waals surface area contributed by atoms with Crippen LogP contribution in [0.4, 0.5) is 0 Å². The van der Waals surface area contributed by atoms with Crippen LogP contribution in [0.25, 0.3) is 0 Å². The zero-order chi connectivity index (χ0) is 18.7. The maximum atomic E-state index is 12.5. The maximum Gasteiger partial charge on any atom is 0.263 e. The quantitative estimate of drug-likeness (QED) is 0.848. The molecule has 3 unspecified atom stereocenters. The van der Waals surface area contributed by atoms with Crippen molar-refractivity contribution < 1.29 is 13.2 Å². The van der Waals surface area contributed by atoms with Gasteiger partial charge >= 0.3 is 0 Å². The predicted octanol–water partition coefficient (Wildman–Crippen LogP) is 2.06. The Hall–Kier alpha value is -1.89. The highest BCUT2D eigenvalue weighted by atomic mass is 32.2. The summed E-state index contributed by atoms with van der Waals surface area (Å²) in [7, 11) is -3.57. The lowest BCUT2D eigenvalue weighted by Crippen LogP contribution is -2.47. The Balaban J connectivity index is 1.47. The summed E-state index contributed by atoms with van der Waals surface area (Å²) in [5.41, 5.74) is 0.868. The monoisotopic (exact) mass is 375 g/mol. The van der Waals surface area contributed by atoms with Crippen LogP contribution in [-0.2, 0) is 14.8 Å². The molecule has 2 saturated carbocycles. The van der Waals surface area contributed by atoms with Gasteiger partial charge in [0.1, 0.15) is 12.4 Å². The Bertz CT molecular complexity index is 906. The third kappa shape index (κ3) is 2.40. The highest BCUT2D eigenvalue weighted by molar-refractivity contribution is 7.90. The zero-order valence-corrected chi connectivity index (χ0v) is 16.2. The van der Waals surface area contributed by atoms with E-state index >= 15 is 0 Å². The minimum Gasteiger partial charge on any atom is -0.351 e. The van der Waals surface area contributed by atoms with E-state index in [1.807, 2.05) is 0 Å². The molecule has 140 valence electrons. The largest absolute Gasteiger partial charge is 0.351 e. The number of rotatable bonds is 3. The number of sulfonamides is 1. The van der Waals surface area contributed by atoms with Gasteiger partial charge in [0.2, 0.25) is 5.91 Å². The van der Waals surface area contributed by atoms with Crippen molar-refractivity contribution in [2.75, 3.05) is 6.54 Å². The van der Waals surface area contributed by atoms with E-state index in [4.69, 9.17) is 0 Å². The van der Waals surface area contributed by atoms with Crippen molar-refractivity contribution in [1.82, 2.24) is 10.0 Å². The number of nitrogens with zero attached hydrogens (tertiary/aromatic N) is 1.